The molecule has 3 N–H and O–H groups in total. The molecular formula is C23H21ClN4O6. The molecule has 0 aliphatic rings. The van der Waals surface area contributed by atoms with Gasteiger partial charge in [-0.05, 0) is 48.0 Å². The van der Waals surface area contributed by atoms with Crippen LogP contribution in [0.4, 0.5) is 5.69 Å². The lowest BCUT2D eigenvalue weighted by molar-refractivity contribution is -0.139. The van der Waals surface area contributed by atoms with E-state index in [4.69, 9.17) is 25.5 Å². The predicted molar refractivity (Wildman–Crippen MR) is 125 cm³/mol. The van der Waals surface area contributed by atoms with E-state index in [1.54, 1.807) is 54.6 Å². The number of methoxy groups -OCH3 is 1. The van der Waals surface area contributed by atoms with Gasteiger partial charge in [-0.2, -0.15) is 5.10 Å². The number of hydrogen-bond donors (Lipinski definition) is 3. The Bertz CT molecular complexity index is 1180. The second-order valence-electron chi connectivity index (χ2n) is 6.69. The first-order chi connectivity index (χ1) is 16.5. The number of para-hydroxylation sites is 1. The third-order valence-corrected chi connectivity index (χ3v) is 4.61. The van der Waals surface area contributed by atoms with Crippen molar-refractivity contribution >= 4 is 41.2 Å². The highest BCUT2D eigenvalue weighted by Crippen LogP contribution is 2.27. The van der Waals surface area contributed by atoms with E-state index >= 15 is 0 Å². The van der Waals surface area contributed by atoms with Crippen LogP contribution < -0.4 is 25.5 Å². The molecule has 0 spiro atoms. The lowest BCUT2D eigenvalue weighted by atomic mass is 10.2. The van der Waals surface area contributed by atoms with Gasteiger partial charge in [0.2, 0.25) is 0 Å². The summed E-state index contributed by atoms with van der Waals surface area (Å²) in [5.74, 6) is -0.995. The fourth-order valence-corrected chi connectivity index (χ4v) is 2.84. The summed E-state index contributed by atoms with van der Waals surface area (Å²) in [5, 5.41) is 9.24. The van der Waals surface area contributed by atoms with Crippen LogP contribution in [-0.2, 0) is 20.9 Å². The molecule has 176 valence electrons. The maximum Gasteiger partial charge on any atom is 0.329 e. The van der Waals surface area contributed by atoms with Gasteiger partial charge in [-0.1, -0.05) is 23.7 Å². The number of nitrogens with one attached hydrogen (secondary N) is 3. The van der Waals surface area contributed by atoms with E-state index in [9.17, 15) is 14.4 Å². The van der Waals surface area contributed by atoms with Crippen LogP contribution in [0.1, 0.15) is 11.3 Å². The molecule has 2 aromatic carbocycles. The van der Waals surface area contributed by atoms with Crippen LogP contribution in [0.25, 0.3) is 0 Å². The molecule has 3 aromatic rings. The van der Waals surface area contributed by atoms with E-state index < -0.39 is 17.7 Å². The number of benzene rings is 2. The summed E-state index contributed by atoms with van der Waals surface area (Å²) < 4.78 is 15.9. The fraction of sp³-hybridized carbons (Fsp3) is 0.130. The summed E-state index contributed by atoms with van der Waals surface area (Å²) in [6.45, 7) is -0.184. The molecule has 0 fully saturated rings. The maximum absolute atomic E-state index is 12.1. The summed E-state index contributed by atoms with van der Waals surface area (Å²) in [6.07, 6.45) is 2.79. The number of rotatable bonds is 9. The summed E-state index contributed by atoms with van der Waals surface area (Å²) in [6, 6.07) is 15.0. The molecule has 10 nitrogen and oxygen atoms in total. The largest absolute Gasteiger partial charge is 0.493 e. The fourth-order valence-electron chi connectivity index (χ4n) is 2.65. The average molecular weight is 485 g/mol. The number of amides is 3. The van der Waals surface area contributed by atoms with Crippen molar-refractivity contribution < 1.29 is 28.3 Å². The molecule has 0 saturated heterocycles. The van der Waals surface area contributed by atoms with Gasteiger partial charge < -0.3 is 24.5 Å². The Labute approximate surface area is 199 Å². The van der Waals surface area contributed by atoms with E-state index in [1.807, 2.05) is 0 Å². The van der Waals surface area contributed by atoms with Gasteiger partial charge in [-0.25, -0.2) is 5.43 Å². The summed E-state index contributed by atoms with van der Waals surface area (Å²) in [7, 11) is 1.44. The molecule has 1 aromatic heterocycles. The van der Waals surface area contributed by atoms with Crippen molar-refractivity contribution in [3.63, 3.8) is 0 Å². The van der Waals surface area contributed by atoms with Gasteiger partial charge in [0.05, 0.1) is 36.8 Å². The second-order valence-corrected chi connectivity index (χ2v) is 7.10. The third-order valence-electron chi connectivity index (χ3n) is 4.28. The van der Waals surface area contributed by atoms with E-state index in [2.05, 4.69) is 21.2 Å². The molecule has 0 radical (unpaired) electrons. The first-order valence-electron chi connectivity index (χ1n) is 9.95. The van der Waals surface area contributed by atoms with E-state index in [-0.39, 0.29) is 13.2 Å². The van der Waals surface area contributed by atoms with Crippen LogP contribution in [0.2, 0.25) is 5.02 Å². The molecule has 11 heteroatoms. The second kappa shape index (κ2) is 12.1. The molecule has 0 unspecified atom stereocenters. The zero-order valence-electron chi connectivity index (χ0n) is 18.0. The molecule has 1 heterocycles. The van der Waals surface area contributed by atoms with Gasteiger partial charge in [0.25, 0.3) is 5.91 Å². The Morgan fingerprint density at radius 2 is 1.88 bits per heavy atom. The summed E-state index contributed by atoms with van der Waals surface area (Å²) in [4.78, 5) is 35.7. The summed E-state index contributed by atoms with van der Waals surface area (Å²) in [5.41, 5.74) is 3.17. The molecule has 34 heavy (non-hydrogen) atoms. The summed E-state index contributed by atoms with van der Waals surface area (Å²) >= 11 is 6.03. The molecule has 0 aliphatic heterocycles. The number of hydrazone groups is 1. The monoisotopic (exact) mass is 484 g/mol. The zero-order valence-corrected chi connectivity index (χ0v) is 18.8. The molecule has 3 rings (SSSR count). The first kappa shape index (κ1) is 24.3. The van der Waals surface area contributed by atoms with E-state index in [0.29, 0.717) is 33.5 Å². The number of carbonyl (C=O) groups is 3. The van der Waals surface area contributed by atoms with Gasteiger partial charge >= 0.3 is 11.8 Å². The molecule has 0 saturated carbocycles. The number of furan rings is 1. The van der Waals surface area contributed by atoms with Gasteiger partial charge in [0.15, 0.2) is 18.1 Å². The van der Waals surface area contributed by atoms with Crippen molar-refractivity contribution in [1.29, 1.82) is 0 Å². The van der Waals surface area contributed by atoms with Gasteiger partial charge in [-0.3, -0.25) is 14.4 Å². The predicted octanol–water partition coefficient (Wildman–Crippen LogP) is 2.73. The van der Waals surface area contributed by atoms with Crippen molar-refractivity contribution in [1.82, 2.24) is 10.7 Å². The minimum Gasteiger partial charge on any atom is -0.493 e. The van der Waals surface area contributed by atoms with Crippen LogP contribution in [0, 0.1) is 0 Å². The smallest absolute Gasteiger partial charge is 0.329 e. The van der Waals surface area contributed by atoms with Crippen molar-refractivity contribution in [2.75, 3.05) is 19.0 Å². The minimum atomic E-state index is -0.931. The Morgan fingerprint density at radius 3 is 2.62 bits per heavy atom. The van der Waals surface area contributed by atoms with Crippen molar-refractivity contribution in [3.8, 4) is 11.5 Å². The Hall–Kier alpha value is -4.31. The Morgan fingerprint density at radius 1 is 1.06 bits per heavy atom. The lowest BCUT2D eigenvalue weighted by Gasteiger charge is -2.12. The van der Waals surface area contributed by atoms with Gasteiger partial charge in [0, 0.05) is 0 Å². The normalized spacial score (nSPS) is 10.5. The maximum atomic E-state index is 12.1. The topological polar surface area (TPSA) is 131 Å². The van der Waals surface area contributed by atoms with Crippen LogP contribution >= 0.6 is 11.6 Å². The molecule has 0 bridgehead atoms. The van der Waals surface area contributed by atoms with Crippen molar-refractivity contribution in [2.45, 2.75) is 6.54 Å². The highest BCUT2D eigenvalue weighted by atomic mass is 35.5. The Kier molecular flexibility index (Phi) is 8.64. The number of nitrogens with zero attached hydrogens (tertiary/aromatic N) is 1. The highest BCUT2D eigenvalue weighted by Gasteiger charge is 2.13. The average Bonchev–Trinajstić information content (AvgIpc) is 3.36. The van der Waals surface area contributed by atoms with Gasteiger partial charge in [-0.15, -0.1) is 0 Å². The van der Waals surface area contributed by atoms with Crippen LogP contribution in [0.15, 0.2) is 70.4 Å². The molecule has 0 aliphatic carbocycles. The van der Waals surface area contributed by atoms with Crippen molar-refractivity contribution in [3.05, 3.63) is 77.2 Å². The molecule has 0 atom stereocenters. The number of ether oxygens (including phenoxy) is 2. The lowest BCUT2D eigenvalue weighted by Crippen LogP contribution is -2.37. The molecular weight excluding hydrogens is 464 g/mol. The van der Waals surface area contributed by atoms with Crippen molar-refractivity contribution in [2.24, 2.45) is 5.10 Å². The molecule has 3 amide bonds. The minimum absolute atomic E-state index is 0.0814. The third kappa shape index (κ3) is 7.10. The Balaban J connectivity index is 1.50. The quantitative estimate of drug-likeness (QED) is 0.243. The zero-order chi connectivity index (χ0) is 24.3. The number of hydrogen-bond acceptors (Lipinski definition) is 7. The highest BCUT2D eigenvalue weighted by molar-refractivity contribution is 6.35. The SMILES string of the molecule is COc1cc(/C=N/NC(=O)C(=O)NCc2ccco2)ccc1OCC(=O)Nc1ccccc1Cl. The van der Waals surface area contributed by atoms with Gasteiger partial charge in [0.1, 0.15) is 5.76 Å². The van der Waals surface area contributed by atoms with Crippen LogP contribution in [-0.4, -0.2) is 37.7 Å². The number of carbonyl (C=O) groups excluding carboxylic acids is 3. The number of halogens is 1. The van der Waals surface area contributed by atoms with Crippen LogP contribution in [0.3, 0.4) is 0 Å². The first-order valence-corrected chi connectivity index (χ1v) is 10.3. The standard InChI is InChI=1S/C23H21ClN4O6/c1-32-20-11-15(12-26-28-23(31)22(30)25-13-16-5-4-10-33-16)8-9-19(20)34-14-21(29)27-18-7-3-2-6-17(18)24/h2-12H,13-14H2,1H3,(H,25,30)(H,27,29)(H,28,31)/b26-12+. The van der Waals surface area contributed by atoms with E-state index in [0.717, 1.165) is 0 Å². The van der Waals surface area contributed by atoms with Crippen LogP contribution in [0.5, 0.6) is 11.5 Å². The van der Waals surface area contributed by atoms with E-state index in [1.165, 1.54) is 19.6 Å². The number of anilines is 1.